The van der Waals surface area contributed by atoms with E-state index in [0.717, 1.165) is 5.56 Å². The Hall–Kier alpha value is -4.26. The van der Waals surface area contributed by atoms with Crippen molar-refractivity contribution in [3.8, 4) is 5.75 Å². The van der Waals surface area contributed by atoms with Crippen LogP contribution in [0.3, 0.4) is 0 Å². The molecule has 5 rings (SSSR count). The first-order chi connectivity index (χ1) is 16.8. The lowest BCUT2D eigenvalue weighted by Crippen LogP contribution is -2.52. The molecule has 2 aliphatic heterocycles. The van der Waals surface area contributed by atoms with E-state index in [1.54, 1.807) is 43.3 Å². The van der Waals surface area contributed by atoms with Gasteiger partial charge in [0.05, 0.1) is 12.2 Å². The number of para-hydroxylation sites is 1. The quantitative estimate of drug-likeness (QED) is 0.310. The normalized spacial score (nSPS) is 21.2. The van der Waals surface area contributed by atoms with E-state index >= 15 is 0 Å². The van der Waals surface area contributed by atoms with Crippen LogP contribution in [0.15, 0.2) is 84.4 Å². The van der Waals surface area contributed by atoms with Crippen molar-refractivity contribution in [3.05, 3.63) is 107 Å². The molecule has 2 aliphatic rings. The summed E-state index contributed by atoms with van der Waals surface area (Å²) in [4.78, 5) is 41.6. The first-order valence-corrected chi connectivity index (χ1v) is 11.2. The van der Waals surface area contributed by atoms with Crippen LogP contribution in [0.25, 0.3) is 5.70 Å². The highest BCUT2D eigenvalue weighted by atomic mass is 19.1. The number of amides is 1. The van der Waals surface area contributed by atoms with Crippen molar-refractivity contribution in [1.82, 2.24) is 4.90 Å². The zero-order valence-corrected chi connectivity index (χ0v) is 19.2. The van der Waals surface area contributed by atoms with Gasteiger partial charge in [-0.25, -0.2) is 9.18 Å². The largest absolute Gasteiger partial charge is 0.455 e. The summed E-state index contributed by atoms with van der Waals surface area (Å²) in [5, 5.41) is 0. The Labute approximate surface area is 201 Å². The molecule has 0 saturated carbocycles. The summed E-state index contributed by atoms with van der Waals surface area (Å²) < 4.78 is 25.1. The number of hydrogen-bond donors (Lipinski definition) is 0. The third kappa shape index (κ3) is 3.51. The van der Waals surface area contributed by atoms with E-state index in [0.29, 0.717) is 22.4 Å². The van der Waals surface area contributed by atoms with E-state index in [-0.39, 0.29) is 12.3 Å². The second-order valence-corrected chi connectivity index (χ2v) is 8.58. The minimum Gasteiger partial charge on any atom is -0.455 e. The van der Waals surface area contributed by atoms with Crippen molar-refractivity contribution in [2.24, 2.45) is 5.41 Å². The predicted octanol–water partition coefficient (Wildman–Crippen LogP) is 4.81. The van der Waals surface area contributed by atoms with Gasteiger partial charge in [-0.1, -0.05) is 48.5 Å². The summed E-state index contributed by atoms with van der Waals surface area (Å²) in [5.74, 6) is -2.21. The van der Waals surface area contributed by atoms with Gasteiger partial charge in [-0.3, -0.25) is 9.59 Å². The predicted molar refractivity (Wildman–Crippen MR) is 125 cm³/mol. The van der Waals surface area contributed by atoms with Crippen LogP contribution in [-0.2, 0) is 25.7 Å². The Morgan fingerprint density at radius 3 is 2.34 bits per heavy atom. The minimum absolute atomic E-state index is 0.160. The maximum Gasteiger partial charge on any atom is 0.335 e. The Balaban J connectivity index is 1.75. The van der Waals surface area contributed by atoms with E-state index in [2.05, 4.69) is 0 Å². The molecule has 7 heteroatoms. The molecule has 0 N–H and O–H groups in total. The molecule has 1 spiro atoms. The van der Waals surface area contributed by atoms with Crippen LogP contribution in [0.5, 0.6) is 5.75 Å². The lowest BCUT2D eigenvalue weighted by Gasteiger charge is -2.38. The van der Waals surface area contributed by atoms with Crippen LogP contribution in [0.4, 0.5) is 4.39 Å². The molecule has 2 heterocycles. The van der Waals surface area contributed by atoms with Crippen LogP contribution in [0.2, 0.25) is 0 Å². The van der Waals surface area contributed by atoms with Gasteiger partial charge in [-0.15, -0.1) is 0 Å². The topological polar surface area (TPSA) is 72.9 Å². The maximum absolute atomic E-state index is 14.3. The number of nitrogens with zero attached hydrogens (tertiary/aromatic N) is 1. The van der Waals surface area contributed by atoms with Gasteiger partial charge in [0.1, 0.15) is 11.6 Å². The molecule has 0 fully saturated rings. The van der Waals surface area contributed by atoms with Crippen molar-refractivity contribution >= 4 is 23.5 Å². The molecule has 0 unspecified atom stereocenters. The fourth-order valence-corrected chi connectivity index (χ4v) is 4.94. The Bertz CT molecular complexity index is 1370. The standard InChI is InChI=1S/C28H22FNO5/c1-17-24(20-12-14-21(29)15-13-20)30(16-19-8-4-3-5-9-19)26(32)28(17)25(34-18(2)31)22-10-6-7-11-23(22)35-27(28)33/h3-15,25H,16H2,1-2H3/t25-,28+/m0/s1. The molecule has 2 atom stereocenters. The Morgan fingerprint density at radius 1 is 1.00 bits per heavy atom. The number of benzene rings is 3. The lowest BCUT2D eigenvalue weighted by molar-refractivity contribution is -0.172. The zero-order valence-electron chi connectivity index (χ0n) is 19.2. The molecular formula is C28H22FNO5. The third-order valence-corrected chi connectivity index (χ3v) is 6.50. The molecule has 0 radical (unpaired) electrons. The number of esters is 2. The van der Waals surface area contributed by atoms with Crippen molar-refractivity contribution in [2.45, 2.75) is 26.5 Å². The summed E-state index contributed by atoms with van der Waals surface area (Å²) in [6, 6.07) is 21.7. The van der Waals surface area contributed by atoms with Gasteiger partial charge < -0.3 is 14.4 Å². The van der Waals surface area contributed by atoms with Crippen LogP contribution < -0.4 is 4.74 Å². The van der Waals surface area contributed by atoms with E-state index in [1.165, 1.54) is 24.0 Å². The average Bonchev–Trinajstić information content (AvgIpc) is 3.05. The number of halogens is 1. The summed E-state index contributed by atoms with van der Waals surface area (Å²) in [6.07, 6.45) is -1.22. The summed E-state index contributed by atoms with van der Waals surface area (Å²) in [6.45, 7) is 3.05. The molecule has 0 saturated heterocycles. The monoisotopic (exact) mass is 471 g/mol. The molecule has 6 nitrogen and oxygen atoms in total. The smallest absolute Gasteiger partial charge is 0.335 e. The number of fused-ring (bicyclic) bond motifs is 1. The van der Waals surface area contributed by atoms with Gasteiger partial charge in [-0.05, 0) is 54.0 Å². The number of hydrogen-bond acceptors (Lipinski definition) is 5. The van der Waals surface area contributed by atoms with Crippen molar-refractivity contribution < 1.29 is 28.2 Å². The highest BCUT2D eigenvalue weighted by Gasteiger charge is 2.66. The maximum atomic E-state index is 14.3. The highest BCUT2D eigenvalue weighted by molar-refractivity contribution is 6.16. The summed E-state index contributed by atoms with van der Waals surface area (Å²) >= 11 is 0. The van der Waals surface area contributed by atoms with E-state index < -0.39 is 35.2 Å². The molecular weight excluding hydrogens is 449 g/mol. The van der Waals surface area contributed by atoms with Gasteiger partial charge in [0.15, 0.2) is 6.10 Å². The molecule has 0 aromatic heterocycles. The SMILES string of the molecule is CC(=O)O[C@H]1c2ccccc2OC(=O)[C@@]12C(=O)N(Cc1ccccc1)C(c1ccc(F)cc1)=C2C. The zero-order chi connectivity index (χ0) is 24.7. The third-order valence-electron chi connectivity index (χ3n) is 6.50. The van der Waals surface area contributed by atoms with Gasteiger partial charge in [0, 0.05) is 12.5 Å². The first-order valence-electron chi connectivity index (χ1n) is 11.2. The number of ether oxygens (including phenoxy) is 2. The second kappa shape index (κ2) is 8.51. The fraction of sp³-hybridized carbons (Fsp3) is 0.179. The molecule has 0 bridgehead atoms. The molecule has 1 amide bonds. The van der Waals surface area contributed by atoms with E-state index in [4.69, 9.17) is 9.47 Å². The Kier molecular flexibility index (Phi) is 5.47. The number of rotatable bonds is 4. The summed E-state index contributed by atoms with van der Waals surface area (Å²) in [5.41, 5.74) is 0.716. The molecule has 3 aromatic carbocycles. The molecule has 0 aliphatic carbocycles. The molecule has 176 valence electrons. The second-order valence-electron chi connectivity index (χ2n) is 8.58. The van der Waals surface area contributed by atoms with E-state index in [1.807, 2.05) is 30.3 Å². The number of carbonyl (C=O) groups is 3. The fourth-order valence-electron chi connectivity index (χ4n) is 4.94. The van der Waals surface area contributed by atoms with Gasteiger partial charge in [0.2, 0.25) is 5.41 Å². The van der Waals surface area contributed by atoms with Gasteiger partial charge in [-0.2, -0.15) is 0 Å². The highest BCUT2D eigenvalue weighted by Crippen LogP contribution is 2.57. The van der Waals surface area contributed by atoms with Crippen molar-refractivity contribution in [3.63, 3.8) is 0 Å². The Morgan fingerprint density at radius 2 is 1.66 bits per heavy atom. The number of carbonyl (C=O) groups excluding carboxylic acids is 3. The van der Waals surface area contributed by atoms with Crippen LogP contribution in [0.1, 0.15) is 36.6 Å². The summed E-state index contributed by atoms with van der Waals surface area (Å²) in [7, 11) is 0. The van der Waals surface area contributed by atoms with Crippen LogP contribution >= 0.6 is 0 Å². The van der Waals surface area contributed by atoms with Gasteiger partial charge in [0.25, 0.3) is 5.91 Å². The minimum atomic E-state index is -1.92. The van der Waals surface area contributed by atoms with Crippen molar-refractivity contribution in [1.29, 1.82) is 0 Å². The van der Waals surface area contributed by atoms with E-state index in [9.17, 15) is 18.8 Å². The average molecular weight is 471 g/mol. The molecule has 35 heavy (non-hydrogen) atoms. The first kappa shape index (κ1) is 22.5. The van der Waals surface area contributed by atoms with Gasteiger partial charge >= 0.3 is 11.9 Å². The van der Waals surface area contributed by atoms with Crippen molar-refractivity contribution in [2.75, 3.05) is 0 Å². The lowest BCUT2D eigenvalue weighted by atomic mass is 9.71. The molecule has 3 aromatic rings. The van der Waals surface area contributed by atoms with Crippen LogP contribution in [0, 0.1) is 11.2 Å². The van der Waals surface area contributed by atoms with Crippen LogP contribution in [-0.4, -0.2) is 22.7 Å².